The first-order valence-corrected chi connectivity index (χ1v) is 8.46. The molecule has 3 unspecified atom stereocenters. The minimum Gasteiger partial charge on any atom is -0.314 e. The first-order valence-electron chi connectivity index (χ1n) is 8.46. The molecule has 0 aromatic heterocycles. The van der Waals surface area contributed by atoms with Gasteiger partial charge in [0, 0.05) is 12.5 Å². The summed E-state index contributed by atoms with van der Waals surface area (Å²) in [6.45, 7) is 5.57. The zero-order valence-corrected chi connectivity index (χ0v) is 12.9. The normalized spacial score (nSPS) is 30.7. The van der Waals surface area contributed by atoms with Crippen molar-refractivity contribution in [2.24, 2.45) is 17.8 Å². The van der Waals surface area contributed by atoms with Crippen molar-refractivity contribution >= 4 is 0 Å². The fourth-order valence-electron chi connectivity index (χ4n) is 3.70. The summed E-state index contributed by atoms with van der Waals surface area (Å²) < 4.78 is 0. The second-order valence-electron chi connectivity index (χ2n) is 6.64. The summed E-state index contributed by atoms with van der Waals surface area (Å²) >= 11 is 0. The Balaban J connectivity index is 1.80. The lowest BCUT2D eigenvalue weighted by molar-refractivity contribution is 0.160. The molecule has 108 valence electrons. The van der Waals surface area contributed by atoms with Gasteiger partial charge in [-0.2, -0.15) is 0 Å². The molecule has 2 rings (SSSR count). The van der Waals surface area contributed by atoms with Gasteiger partial charge in [0.2, 0.25) is 0 Å². The van der Waals surface area contributed by atoms with Crippen molar-refractivity contribution in [3.8, 4) is 11.8 Å². The summed E-state index contributed by atoms with van der Waals surface area (Å²) in [6.07, 6.45) is 12.5. The molecule has 0 saturated heterocycles. The molecule has 0 radical (unpaired) electrons. The van der Waals surface area contributed by atoms with E-state index in [1.165, 1.54) is 57.9 Å². The van der Waals surface area contributed by atoms with Gasteiger partial charge in [-0.25, -0.2) is 0 Å². The molecule has 1 N–H and O–H groups in total. The third kappa shape index (κ3) is 5.19. The zero-order valence-electron chi connectivity index (χ0n) is 12.9. The van der Waals surface area contributed by atoms with Gasteiger partial charge in [-0.1, -0.05) is 26.2 Å². The van der Waals surface area contributed by atoms with E-state index in [4.69, 9.17) is 0 Å². The van der Waals surface area contributed by atoms with Crippen LogP contribution >= 0.6 is 0 Å². The van der Waals surface area contributed by atoms with Crippen LogP contribution in [0.15, 0.2) is 0 Å². The summed E-state index contributed by atoms with van der Waals surface area (Å²) in [5, 5.41) is 3.76. The Morgan fingerprint density at radius 1 is 1.05 bits per heavy atom. The second-order valence-corrected chi connectivity index (χ2v) is 6.64. The van der Waals surface area contributed by atoms with Crippen LogP contribution in [0.3, 0.4) is 0 Å². The first kappa shape index (κ1) is 14.9. The van der Waals surface area contributed by atoms with Crippen LogP contribution < -0.4 is 5.32 Å². The molecule has 0 heterocycles. The van der Waals surface area contributed by atoms with Gasteiger partial charge in [0.25, 0.3) is 0 Å². The van der Waals surface area contributed by atoms with E-state index in [0.29, 0.717) is 0 Å². The maximum Gasteiger partial charge on any atom is 0.00913 e. The third-order valence-corrected chi connectivity index (χ3v) is 5.01. The van der Waals surface area contributed by atoms with E-state index < -0.39 is 0 Å². The predicted octanol–water partition coefficient (Wildman–Crippen LogP) is 4.37. The fraction of sp³-hybridized carbons (Fsp3) is 0.889. The molecule has 0 spiro atoms. The number of nitrogens with one attached hydrogen (secondary N) is 1. The van der Waals surface area contributed by atoms with Crippen molar-refractivity contribution in [2.75, 3.05) is 6.54 Å². The van der Waals surface area contributed by atoms with Gasteiger partial charge in [-0.15, -0.1) is 11.8 Å². The number of hydrogen-bond donors (Lipinski definition) is 1. The van der Waals surface area contributed by atoms with Crippen molar-refractivity contribution in [2.45, 2.75) is 77.7 Å². The molecule has 2 aliphatic rings. The van der Waals surface area contributed by atoms with Gasteiger partial charge in [0.15, 0.2) is 0 Å². The molecule has 0 bridgehead atoms. The Kier molecular flexibility index (Phi) is 6.24. The van der Waals surface area contributed by atoms with E-state index in [-0.39, 0.29) is 0 Å². The summed E-state index contributed by atoms with van der Waals surface area (Å²) in [6, 6.07) is 0.865. The van der Waals surface area contributed by atoms with Crippen molar-refractivity contribution in [1.29, 1.82) is 0 Å². The maximum absolute atomic E-state index is 3.76. The molecule has 19 heavy (non-hydrogen) atoms. The molecule has 1 heteroatoms. The average molecular weight is 261 g/mol. The highest BCUT2D eigenvalue weighted by Crippen LogP contribution is 2.38. The zero-order chi connectivity index (χ0) is 13.5. The highest BCUT2D eigenvalue weighted by Gasteiger charge is 2.31. The molecular formula is C18H31N. The summed E-state index contributed by atoms with van der Waals surface area (Å²) in [5.74, 6) is 9.18. The topological polar surface area (TPSA) is 12.0 Å². The number of rotatable bonds is 7. The lowest BCUT2D eigenvalue weighted by Gasteiger charge is -2.36. The Bertz CT molecular complexity index is 307. The molecule has 0 aliphatic heterocycles. The molecular weight excluding hydrogens is 230 g/mol. The van der Waals surface area contributed by atoms with Gasteiger partial charge in [0.1, 0.15) is 0 Å². The van der Waals surface area contributed by atoms with Crippen LogP contribution in [0.25, 0.3) is 0 Å². The monoisotopic (exact) mass is 261 g/mol. The smallest absolute Gasteiger partial charge is 0.00913 e. The molecule has 2 saturated carbocycles. The molecule has 3 atom stereocenters. The molecule has 2 aliphatic carbocycles. The van der Waals surface area contributed by atoms with E-state index >= 15 is 0 Å². The quantitative estimate of drug-likeness (QED) is 0.671. The summed E-state index contributed by atoms with van der Waals surface area (Å²) in [5.41, 5.74) is 0. The van der Waals surface area contributed by atoms with Gasteiger partial charge < -0.3 is 5.32 Å². The average Bonchev–Trinajstić information content (AvgIpc) is 3.22. The van der Waals surface area contributed by atoms with Crippen LogP contribution in [0.5, 0.6) is 0 Å². The number of hydrogen-bond acceptors (Lipinski definition) is 1. The first-order chi connectivity index (χ1) is 9.33. The van der Waals surface area contributed by atoms with Crippen LogP contribution in [0.1, 0.15) is 71.6 Å². The third-order valence-electron chi connectivity index (χ3n) is 5.01. The van der Waals surface area contributed by atoms with Crippen molar-refractivity contribution in [3.05, 3.63) is 0 Å². The van der Waals surface area contributed by atoms with Gasteiger partial charge in [-0.05, 0) is 63.3 Å². The van der Waals surface area contributed by atoms with Crippen LogP contribution in [-0.4, -0.2) is 12.6 Å². The molecule has 0 aromatic rings. The standard InChI is InChI=1S/C18H31N/c1-3-5-6-8-16-13-15(7-4-2)9-10-17(16)14-19-18-11-12-18/h15-19H,4,6-14H2,1-2H3. The molecule has 0 amide bonds. The van der Waals surface area contributed by atoms with E-state index in [2.05, 4.69) is 24.1 Å². The second kappa shape index (κ2) is 7.95. The van der Waals surface area contributed by atoms with Crippen molar-refractivity contribution in [3.63, 3.8) is 0 Å². The van der Waals surface area contributed by atoms with Gasteiger partial charge in [-0.3, -0.25) is 0 Å². The molecule has 1 nitrogen and oxygen atoms in total. The van der Waals surface area contributed by atoms with E-state index in [1.54, 1.807) is 0 Å². The predicted molar refractivity (Wildman–Crippen MR) is 82.9 cm³/mol. The van der Waals surface area contributed by atoms with E-state index in [1.807, 2.05) is 6.92 Å². The molecule has 0 aromatic carbocycles. The lowest BCUT2D eigenvalue weighted by Crippen LogP contribution is -2.34. The van der Waals surface area contributed by atoms with Crippen molar-refractivity contribution < 1.29 is 0 Å². The minimum atomic E-state index is 0.865. The SMILES string of the molecule is CC#CCCC1CC(CCC)CCC1CNC1CC1. The Labute approximate surface area is 119 Å². The Hall–Kier alpha value is -0.480. The summed E-state index contributed by atoms with van der Waals surface area (Å²) in [7, 11) is 0. The van der Waals surface area contributed by atoms with E-state index in [0.717, 1.165) is 30.2 Å². The van der Waals surface area contributed by atoms with Gasteiger partial charge in [0.05, 0.1) is 0 Å². The van der Waals surface area contributed by atoms with Crippen LogP contribution in [-0.2, 0) is 0 Å². The van der Waals surface area contributed by atoms with E-state index in [9.17, 15) is 0 Å². The van der Waals surface area contributed by atoms with Crippen LogP contribution in [0, 0.1) is 29.6 Å². The Morgan fingerprint density at radius 3 is 2.58 bits per heavy atom. The highest BCUT2D eigenvalue weighted by molar-refractivity contribution is 4.96. The Morgan fingerprint density at radius 2 is 1.89 bits per heavy atom. The maximum atomic E-state index is 3.76. The highest BCUT2D eigenvalue weighted by atomic mass is 14.9. The van der Waals surface area contributed by atoms with Crippen LogP contribution in [0.2, 0.25) is 0 Å². The largest absolute Gasteiger partial charge is 0.314 e. The lowest BCUT2D eigenvalue weighted by atomic mass is 9.71. The summed E-state index contributed by atoms with van der Waals surface area (Å²) in [4.78, 5) is 0. The van der Waals surface area contributed by atoms with Gasteiger partial charge >= 0.3 is 0 Å². The molecule has 2 fully saturated rings. The minimum absolute atomic E-state index is 0.865. The fourth-order valence-corrected chi connectivity index (χ4v) is 3.70. The van der Waals surface area contributed by atoms with Crippen LogP contribution in [0.4, 0.5) is 0 Å². The van der Waals surface area contributed by atoms with Crippen molar-refractivity contribution in [1.82, 2.24) is 5.32 Å².